The Balaban J connectivity index is 1.33. The lowest BCUT2D eigenvalue weighted by atomic mass is 9.83. The number of aromatic nitrogens is 1. The minimum absolute atomic E-state index is 0.0356. The Morgan fingerprint density at radius 2 is 1.83 bits per heavy atom. The van der Waals surface area contributed by atoms with E-state index in [4.69, 9.17) is 10.5 Å². The van der Waals surface area contributed by atoms with Crippen LogP contribution in [0.5, 0.6) is 0 Å². The van der Waals surface area contributed by atoms with Crippen molar-refractivity contribution in [2.45, 2.75) is 63.3 Å². The number of nitrogens with zero attached hydrogens (tertiary/aromatic N) is 3. The number of anilines is 2. The number of fused-ring (bicyclic) bond motifs is 1. The summed E-state index contributed by atoms with van der Waals surface area (Å²) in [4.78, 5) is 31.7. The molecule has 1 amide bonds. The van der Waals surface area contributed by atoms with Gasteiger partial charge in [-0.15, -0.1) is 23.1 Å². The largest absolute Gasteiger partial charge is 0.462 e. The predicted octanol–water partition coefficient (Wildman–Crippen LogP) is 7.83. The minimum atomic E-state index is -0.423. The molecular formula is C36H35N5O3S2. The van der Waals surface area contributed by atoms with Crippen molar-refractivity contribution in [2.75, 3.05) is 23.4 Å². The summed E-state index contributed by atoms with van der Waals surface area (Å²) in [5.74, 6) is 0.337. The normalized spacial score (nSPS) is 13.8. The van der Waals surface area contributed by atoms with E-state index in [9.17, 15) is 20.1 Å². The van der Waals surface area contributed by atoms with Gasteiger partial charge < -0.3 is 15.8 Å². The number of amides is 1. The van der Waals surface area contributed by atoms with Gasteiger partial charge in [0.15, 0.2) is 0 Å². The van der Waals surface area contributed by atoms with E-state index in [2.05, 4.69) is 48.4 Å². The number of rotatable bonds is 10. The van der Waals surface area contributed by atoms with E-state index < -0.39 is 5.97 Å². The van der Waals surface area contributed by atoms with Crippen LogP contribution in [0.3, 0.4) is 0 Å². The molecule has 0 fully saturated rings. The Kier molecular flexibility index (Phi) is 10.4. The molecule has 0 radical (unpaired) electrons. The fraction of sp³-hybridized carbons (Fsp3) is 0.306. The van der Waals surface area contributed by atoms with E-state index in [-0.39, 0.29) is 35.9 Å². The summed E-state index contributed by atoms with van der Waals surface area (Å²) in [6.45, 7) is 6.20. The molecule has 46 heavy (non-hydrogen) atoms. The van der Waals surface area contributed by atoms with Crippen LogP contribution < -0.4 is 11.1 Å². The number of esters is 1. The lowest BCUT2D eigenvalue weighted by Gasteiger charge is -2.23. The van der Waals surface area contributed by atoms with Crippen LogP contribution in [0.4, 0.5) is 10.8 Å². The Hall–Kier alpha value is -4.64. The minimum Gasteiger partial charge on any atom is -0.462 e. The quantitative estimate of drug-likeness (QED) is 0.131. The maximum absolute atomic E-state index is 13.2. The maximum atomic E-state index is 13.2. The van der Waals surface area contributed by atoms with Gasteiger partial charge in [-0.1, -0.05) is 68.4 Å². The van der Waals surface area contributed by atoms with Crippen LogP contribution in [0.15, 0.2) is 59.6 Å². The zero-order valence-corrected chi connectivity index (χ0v) is 27.7. The van der Waals surface area contributed by atoms with Crippen molar-refractivity contribution in [1.82, 2.24) is 4.98 Å². The highest BCUT2D eigenvalue weighted by molar-refractivity contribution is 7.99. The van der Waals surface area contributed by atoms with Gasteiger partial charge in [0.05, 0.1) is 17.7 Å². The number of nitriles is 2. The third kappa shape index (κ3) is 6.94. The molecule has 0 saturated heterocycles. The van der Waals surface area contributed by atoms with E-state index in [0.29, 0.717) is 44.3 Å². The molecule has 1 atom stereocenters. The van der Waals surface area contributed by atoms with Crippen molar-refractivity contribution >= 4 is 45.8 Å². The van der Waals surface area contributed by atoms with E-state index >= 15 is 0 Å². The second-order valence-corrected chi connectivity index (χ2v) is 13.5. The van der Waals surface area contributed by atoms with Gasteiger partial charge in [0.25, 0.3) is 0 Å². The number of thiophene rings is 1. The highest BCUT2D eigenvalue weighted by atomic mass is 32.2. The number of carbonyl (C=O) groups excluding carboxylic acids is 2. The Morgan fingerprint density at radius 1 is 1.11 bits per heavy atom. The first-order valence-corrected chi connectivity index (χ1v) is 17.1. The molecule has 5 rings (SSSR count). The van der Waals surface area contributed by atoms with Gasteiger partial charge in [-0.25, -0.2) is 9.78 Å². The monoisotopic (exact) mass is 649 g/mol. The standard InChI is InChI=1S/C36H35N5O3S2/c1-4-44-36(43)32-26-15-14-25(23-8-6-5-7-9-23)18-29(26)46-35(32)40-30(42)16-17-45-34-28(20-38)31(27(19-37)33(39)41-34)24-12-10-22(11-13-24)21(2)3/h5-13,21,25H,4,14-18H2,1-3H3,(H2,39,41)(H,40,42). The molecule has 4 aromatic rings. The second kappa shape index (κ2) is 14.6. The highest BCUT2D eigenvalue weighted by Gasteiger charge is 2.31. The van der Waals surface area contributed by atoms with Crippen molar-refractivity contribution in [3.8, 4) is 23.3 Å². The molecule has 1 aliphatic rings. The molecule has 10 heteroatoms. The van der Waals surface area contributed by atoms with Gasteiger partial charge in [0.2, 0.25) is 5.91 Å². The van der Waals surface area contributed by atoms with Crippen LogP contribution in [0.1, 0.15) is 88.5 Å². The van der Waals surface area contributed by atoms with Crippen molar-refractivity contribution in [3.05, 3.63) is 92.9 Å². The van der Waals surface area contributed by atoms with Crippen LogP contribution in [0.2, 0.25) is 0 Å². The third-order valence-corrected chi connectivity index (χ3v) is 10.3. The molecule has 0 spiro atoms. The number of nitrogen functional groups attached to an aromatic ring is 1. The van der Waals surface area contributed by atoms with Crippen LogP contribution in [-0.2, 0) is 22.4 Å². The number of carbonyl (C=O) groups is 2. The molecule has 1 unspecified atom stereocenters. The number of thioether (sulfide) groups is 1. The summed E-state index contributed by atoms with van der Waals surface area (Å²) in [5.41, 5.74) is 11.6. The molecule has 0 aliphatic heterocycles. The number of ether oxygens (including phenoxy) is 1. The number of hydrogen-bond donors (Lipinski definition) is 2. The number of benzene rings is 2. The van der Waals surface area contributed by atoms with E-state index in [1.807, 2.05) is 42.5 Å². The predicted molar refractivity (Wildman–Crippen MR) is 183 cm³/mol. The summed E-state index contributed by atoms with van der Waals surface area (Å²) in [6.07, 6.45) is 2.55. The van der Waals surface area contributed by atoms with Crippen LogP contribution in [0, 0.1) is 22.7 Å². The average Bonchev–Trinajstić information content (AvgIpc) is 3.42. The Morgan fingerprint density at radius 3 is 2.48 bits per heavy atom. The van der Waals surface area contributed by atoms with Gasteiger partial charge in [0, 0.05) is 22.6 Å². The van der Waals surface area contributed by atoms with Crippen molar-refractivity contribution < 1.29 is 14.3 Å². The fourth-order valence-corrected chi connectivity index (χ4v) is 8.03. The van der Waals surface area contributed by atoms with E-state index in [1.165, 1.54) is 28.7 Å². The molecule has 0 saturated carbocycles. The molecule has 2 aromatic carbocycles. The molecule has 1 aliphatic carbocycles. The lowest BCUT2D eigenvalue weighted by Crippen LogP contribution is -2.17. The second-order valence-electron chi connectivity index (χ2n) is 11.4. The van der Waals surface area contributed by atoms with E-state index in [0.717, 1.165) is 35.3 Å². The Labute approximate surface area is 277 Å². The topological polar surface area (TPSA) is 142 Å². The molecule has 8 nitrogen and oxygen atoms in total. The van der Waals surface area contributed by atoms with Gasteiger partial charge >= 0.3 is 5.97 Å². The first kappa shape index (κ1) is 32.7. The molecular weight excluding hydrogens is 615 g/mol. The van der Waals surface area contributed by atoms with Gasteiger partial charge in [-0.2, -0.15) is 10.5 Å². The number of hydrogen-bond acceptors (Lipinski definition) is 9. The molecule has 2 aromatic heterocycles. The maximum Gasteiger partial charge on any atom is 0.341 e. The molecule has 2 heterocycles. The lowest BCUT2D eigenvalue weighted by molar-refractivity contribution is -0.115. The zero-order valence-electron chi connectivity index (χ0n) is 26.1. The summed E-state index contributed by atoms with van der Waals surface area (Å²) in [7, 11) is 0. The number of nitrogens with one attached hydrogen (secondary N) is 1. The van der Waals surface area contributed by atoms with Gasteiger partial charge in [0.1, 0.15) is 33.5 Å². The van der Waals surface area contributed by atoms with Crippen molar-refractivity contribution in [2.24, 2.45) is 0 Å². The summed E-state index contributed by atoms with van der Waals surface area (Å²) in [5, 5.41) is 23.8. The first-order chi connectivity index (χ1) is 22.2. The van der Waals surface area contributed by atoms with E-state index in [1.54, 1.807) is 6.92 Å². The zero-order chi connectivity index (χ0) is 32.8. The SMILES string of the molecule is CCOC(=O)c1c(NC(=O)CCSc2nc(N)c(C#N)c(-c3ccc(C(C)C)cc3)c2C#N)sc2c1CCC(c1ccccc1)C2. The summed E-state index contributed by atoms with van der Waals surface area (Å²) < 4.78 is 5.39. The molecule has 3 N–H and O–H groups in total. The van der Waals surface area contributed by atoms with Gasteiger partial charge in [-0.3, -0.25) is 4.79 Å². The van der Waals surface area contributed by atoms with Crippen molar-refractivity contribution in [1.29, 1.82) is 10.5 Å². The molecule has 234 valence electrons. The summed E-state index contributed by atoms with van der Waals surface area (Å²) >= 11 is 2.68. The average molecular weight is 650 g/mol. The smallest absolute Gasteiger partial charge is 0.341 e. The number of nitrogens with two attached hydrogens (primary N) is 1. The van der Waals surface area contributed by atoms with Crippen LogP contribution in [0.25, 0.3) is 11.1 Å². The first-order valence-electron chi connectivity index (χ1n) is 15.3. The fourth-order valence-electron chi connectivity index (χ4n) is 5.76. The molecule has 0 bridgehead atoms. The van der Waals surface area contributed by atoms with Crippen molar-refractivity contribution in [3.63, 3.8) is 0 Å². The highest BCUT2D eigenvalue weighted by Crippen LogP contribution is 2.43. The number of pyridine rings is 1. The third-order valence-electron chi connectivity index (χ3n) is 8.12. The Bertz CT molecular complexity index is 1840. The summed E-state index contributed by atoms with van der Waals surface area (Å²) in [6, 6.07) is 22.4. The van der Waals surface area contributed by atoms with Crippen LogP contribution in [-0.4, -0.2) is 29.2 Å². The van der Waals surface area contributed by atoms with Crippen LogP contribution >= 0.6 is 23.1 Å². The van der Waals surface area contributed by atoms with Gasteiger partial charge in [-0.05, 0) is 60.3 Å².